The molecule has 21 heavy (non-hydrogen) atoms. The van der Waals surface area contributed by atoms with Gasteiger partial charge in [0.2, 0.25) is 0 Å². The first kappa shape index (κ1) is 15.8. The van der Waals surface area contributed by atoms with Crippen molar-refractivity contribution in [3.05, 3.63) is 63.4 Å². The molecule has 1 heterocycles. The molecule has 2 aromatic rings. The number of carboxylic acids is 1. The highest BCUT2D eigenvalue weighted by Gasteiger charge is 2.03. The number of carbonyl (C=O) groups is 1. The van der Waals surface area contributed by atoms with E-state index in [2.05, 4.69) is 10.3 Å². The molecule has 0 saturated heterocycles. The minimum atomic E-state index is -0.973. The minimum absolute atomic E-state index is 0.187. The monoisotopic (exact) mass is 324 g/mol. The lowest BCUT2D eigenvalue weighted by atomic mass is 10.1. The molecule has 0 fully saturated rings. The Morgan fingerprint density at radius 2 is 2.05 bits per heavy atom. The van der Waals surface area contributed by atoms with Crippen molar-refractivity contribution in [3.8, 4) is 0 Å². The molecule has 1 aromatic carbocycles. The summed E-state index contributed by atoms with van der Waals surface area (Å²) in [7, 11) is 0. The van der Waals surface area contributed by atoms with Crippen molar-refractivity contribution in [2.75, 3.05) is 6.54 Å². The number of nitrogens with one attached hydrogen (secondary N) is 1. The van der Waals surface area contributed by atoms with Crippen LogP contribution in [0.3, 0.4) is 0 Å². The van der Waals surface area contributed by atoms with Gasteiger partial charge in [0.25, 0.3) is 0 Å². The number of hydrogen-bond acceptors (Lipinski definition) is 3. The Morgan fingerprint density at radius 3 is 2.67 bits per heavy atom. The van der Waals surface area contributed by atoms with E-state index in [1.807, 2.05) is 12.1 Å². The molecule has 4 nitrogen and oxygen atoms in total. The number of pyridine rings is 1. The third kappa shape index (κ3) is 4.70. The number of hydrogen-bond donors (Lipinski definition) is 2. The first-order valence-electron chi connectivity index (χ1n) is 6.39. The van der Waals surface area contributed by atoms with Gasteiger partial charge in [0, 0.05) is 22.8 Å². The van der Waals surface area contributed by atoms with Gasteiger partial charge in [0.15, 0.2) is 0 Å². The number of carboxylic acid groups (broad SMARTS) is 1. The van der Waals surface area contributed by atoms with Crippen molar-refractivity contribution in [2.45, 2.75) is 13.0 Å². The first-order chi connectivity index (χ1) is 10.1. The fourth-order valence-electron chi connectivity index (χ4n) is 1.82. The fourth-order valence-corrected chi connectivity index (χ4v) is 2.32. The van der Waals surface area contributed by atoms with Gasteiger partial charge in [-0.3, -0.25) is 4.98 Å². The van der Waals surface area contributed by atoms with E-state index >= 15 is 0 Å². The molecule has 0 unspecified atom stereocenters. The molecule has 0 radical (unpaired) electrons. The molecule has 0 aliphatic carbocycles. The van der Waals surface area contributed by atoms with Gasteiger partial charge in [-0.2, -0.15) is 0 Å². The van der Waals surface area contributed by atoms with Crippen LogP contribution in [0.4, 0.5) is 0 Å². The second-order valence-corrected chi connectivity index (χ2v) is 5.35. The zero-order valence-electron chi connectivity index (χ0n) is 11.1. The highest BCUT2D eigenvalue weighted by Crippen LogP contribution is 2.21. The second-order valence-electron chi connectivity index (χ2n) is 4.51. The predicted molar refractivity (Wildman–Crippen MR) is 83.1 cm³/mol. The van der Waals surface area contributed by atoms with Crippen molar-refractivity contribution in [1.29, 1.82) is 0 Å². The van der Waals surface area contributed by atoms with E-state index in [1.165, 1.54) is 6.20 Å². The summed E-state index contributed by atoms with van der Waals surface area (Å²) in [6.07, 6.45) is 2.14. The number of benzene rings is 1. The van der Waals surface area contributed by atoms with Crippen molar-refractivity contribution in [2.24, 2.45) is 0 Å². The lowest BCUT2D eigenvalue weighted by molar-refractivity contribution is 0.0696. The van der Waals surface area contributed by atoms with Gasteiger partial charge >= 0.3 is 5.97 Å². The number of aromatic carboxylic acids is 1. The van der Waals surface area contributed by atoms with Crippen LogP contribution >= 0.6 is 23.2 Å². The quantitative estimate of drug-likeness (QED) is 0.799. The molecule has 0 atom stereocenters. The predicted octanol–water partition coefficient (Wildman–Crippen LogP) is 3.42. The van der Waals surface area contributed by atoms with Crippen molar-refractivity contribution in [3.63, 3.8) is 0 Å². The maximum Gasteiger partial charge on any atom is 0.337 e. The van der Waals surface area contributed by atoms with Gasteiger partial charge < -0.3 is 10.4 Å². The Morgan fingerprint density at radius 1 is 1.24 bits per heavy atom. The molecular formula is C15H14Cl2N2O2. The van der Waals surface area contributed by atoms with Gasteiger partial charge in [0.1, 0.15) is 0 Å². The van der Waals surface area contributed by atoms with Crippen molar-refractivity contribution in [1.82, 2.24) is 10.3 Å². The van der Waals surface area contributed by atoms with Crippen LogP contribution in [-0.4, -0.2) is 22.6 Å². The largest absolute Gasteiger partial charge is 0.478 e. The molecule has 1 aromatic heterocycles. The lowest BCUT2D eigenvalue weighted by Gasteiger charge is -2.07. The summed E-state index contributed by atoms with van der Waals surface area (Å²) in [4.78, 5) is 14.8. The maximum absolute atomic E-state index is 10.7. The average molecular weight is 325 g/mol. The molecule has 0 bridgehead atoms. The molecule has 0 saturated carbocycles. The van der Waals surface area contributed by atoms with Gasteiger partial charge in [0.05, 0.1) is 11.3 Å². The Hall–Kier alpha value is -1.62. The van der Waals surface area contributed by atoms with E-state index in [0.717, 1.165) is 24.2 Å². The van der Waals surface area contributed by atoms with Gasteiger partial charge in [-0.05, 0) is 42.8 Å². The van der Waals surface area contributed by atoms with E-state index in [-0.39, 0.29) is 5.56 Å². The summed E-state index contributed by atoms with van der Waals surface area (Å²) >= 11 is 11.9. The summed E-state index contributed by atoms with van der Waals surface area (Å²) in [5.41, 5.74) is 2.01. The highest BCUT2D eigenvalue weighted by molar-refractivity contribution is 6.35. The van der Waals surface area contributed by atoms with E-state index in [9.17, 15) is 4.79 Å². The number of halogens is 2. The third-order valence-corrected chi connectivity index (χ3v) is 3.55. The summed E-state index contributed by atoms with van der Waals surface area (Å²) < 4.78 is 0. The zero-order valence-corrected chi connectivity index (χ0v) is 12.7. The molecule has 0 aliphatic heterocycles. The molecule has 110 valence electrons. The number of aromatic nitrogens is 1. The SMILES string of the molecule is O=C(O)c1ccc(CNCCc2ccc(Cl)cc2Cl)nc1. The Kier molecular flexibility index (Phi) is 5.56. The highest BCUT2D eigenvalue weighted by atomic mass is 35.5. The normalized spacial score (nSPS) is 10.6. The molecule has 2 N–H and O–H groups in total. The summed E-state index contributed by atoms with van der Waals surface area (Å²) in [5.74, 6) is -0.973. The summed E-state index contributed by atoms with van der Waals surface area (Å²) in [5, 5.41) is 13.3. The maximum atomic E-state index is 10.7. The van der Waals surface area contributed by atoms with E-state index < -0.39 is 5.97 Å². The van der Waals surface area contributed by atoms with Crippen molar-refractivity contribution < 1.29 is 9.90 Å². The zero-order chi connectivity index (χ0) is 15.2. The molecule has 0 amide bonds. The Bertz CT molecular complexity index is 630. The fraction of sp³-hybridized carbons (Fsp3) is 0.200. The van der Waals surface area contributed by atoms with E-state index in [1.54, 1.807) is 18.2 Å². The van der Waals surface area contributed by atoms with Crippen LogP contribution in [0, 0.1) is 0 Å². The molecule has 0 aliphatic rings. The molecular weight excluding hydrogens is 311 g/mol. The topological polar surface area (TPSA) is 62.2 Å². The molecule has 2 rings (SSSR count). The van der Waals surface area contributed by atoms with Crippen LogP contribution in [0.2, 0.25) is 10.0 Å². The molecule has 0 spiro atoms. The number of rotatable bonds is 6. The number of nitrogens with zero attached hydrogens (tertiary/aromatic N) is 1. The lowest BCUT2D eigenvalue weighted by Crippen LogP contribution is -2.17. The first-order valence-corrected chi connectivity index (χ1v) is 7.15. The Labute approximate surface area is 132 Å². The van der Waals surface area contributed by atoms with Crippen LogP contribution in [0.15, 0.2) is 36.5 Å². The second kappa shape index (κ2) is 7.41. The summed E-state index contributed by atoms with van der Waals surface area (Å²) in [6, 6.07) is 8.69. The molecule has 6 heteroatoms. The van der Waals surface area contributed by atoms with Crippen molar-refractivity contribution >= 4 is 29.2 Å². The van der Waals surface area contributed by atoms with Gasteiger partial charge in [-0.1, -0.05) is 29.3 Å². The van der Waals surface area contributed by atoms with Crippen LogP contribution in [0.1, 0.15) is 21.6 Å². The van der Waals surface area contributed by atoms with Gasteiger partial charge in [-0.25, -0.2) is 4.79 Å². The standard InChI is InChI=1S/C15H14Cl2N2O2/c16-12-3-1-10(14(17)7-12)5-6-18-9-13-4-2-11(8-19-13)15(20)21/h1-4,7-8,18H,5-6,9H2,(H,20,21). The van der Waals surface area contributed by atoms with E-state index in [4.69, 9.17) is 28.3 Å². The Balaban J connectivity index is 1.80. The summed E-state index contributed by atoms with van der Waals surface area (Å²) in [6.45, 7) is 1.31. The minimum Gasteiger partial charge on any atom is -0.478 e. The van der Waals surface area contributed by atoms with Crippen LogP contribution in [0.25, 0.3) is 0 Å². The third-order valence-electron chi connectivity index (χ3n) is 2.96. The van der Waals surface area contributed by atoms with Gasteiger partial charge in [-0.15, -0.1) is 0 Å². The average Bonchev–Trinajstić information content (AvgIpc) is 2.46. The van der Waals surface area contributed by atoms with Crippen LogP contribution < -0.4 is 5.32 Å². The van der Waals surface area contributed by atoms with E-state index in [0.29, 0.717) is 16.6 Å². The van der Waals surface area contributed by atoms with Crippen LogP contribution in [-0.2, 0) is 13.0 Å². The van der Waals surface area contributed by atoms with Crippen LogP contribution in [0.5, 0.6) is 0 Å². The smallest absolute Gasteiger partial charge is 0.337 e.